The summed E-state index contributed by atoms with van der Waals surface area (Å²) in [4.78, 5) is 13.5. The van der Waals surface area contributed by atoms with Crippen LogP contribution in [0.4, 0.5) is 5.95 Å². The zero-order chi connectivity index (χ0) is 26.6. The molecule has 0 saturated heterocycles. The predicted molar refractivity (Wildman–Crippen MR) is 144 cm³/mol. The summed E-state index contributed by atoms with van der Waals surface area (Å²) in [5.41, 5.74) is 2.66. The van der Waals surface area contributed by atoms with Gasteiger partial charge in [0.2, 0.25) is 5.95 Å². The number of benzene rings is 2. The molecule has 11 heteroatoms. The van der Waals surface area contributed by atoms with E-state index in [-0.39, 0.29) is 18.7 Å². The molecule has 2 aliphatic rings. The highest BCUT2D eigenvalue weighted by molar-refractivity contribution is 6.35. The van der Waals surface area contributed by atoms with Gasteiger partial charge in [-0.15, -0.1) is 0 Å². The number of anilines is 1. The lowest BCUT2D eigenvalue weighted by Gasteiger charge is -2.30. The highest BCUT2D eigenvalue weighted by Crippen LogP contribution is 2.39. The van der Waals surface area contributed by atoms with Gasteiger partial charge in [0.1, 0.15) is 18.8 Å². The number of halogens is 2. The van der Waals surface area contributed by atoms with Gasteiger partial charge >= 0.3 is 5.97 Å². The molecule has 0 amide bonds. The number of aromatic nitrogens is 4. The van der Waals surface area contributed by atoms with Gasteiger partial charge in [-0.3, -0.25) is 0 Å². The van der Waals surface area contributed by atoms with Crippen LogP contribution in [0.25, 0.3) is 0 Å². The Morgan fingerprint density at radius 1 is 1.08 bits per heavy atom. The Labute approximate surface area is 231 Å². The minimum Gasteiger partial charge on any atom is -0.490 e. The third-order valence-corrected chi connectivity index (χ3v) is 7.33. The summed E-state index contributed by atoms with van der Waals surface area (Å²) < 4.78 is 19.5. The van der Waals surface area contributed by atoms with Crippen LogP contribution in [0.1, 0.15) is 63.1 Å². The number of tetrazole rings is 1. The van der Waals surface area contributed by atoms with Crippen molar-refractivity contribution in [3.05, 3.63) is 68.8 Å². The number of ether oxygens (including phenoxy) is 3. The van der Waals surface area contributed by atoms with Gasteiger partial charge in [0, 0.05) is 21.3 Å². The van der Waals surface area contributed by atoms with E-state index in [1.165, 1.54) is 6.42 Å². The van der Waals surface area contributed by atoms with Gasteiger partial charge in [-0.2, -0.15) is 4.68 Å². The van der Waals surface area contributed by atoms with Crippen molar-refractivity contribution in [1.82, 2.24) is 20.2 Å². The number of fused-ring (bicyclic) bond motifs is 1. The van der Waals surface area contributed by atoms with Crippen LogP contribution in [0.15, 0.2) is 47.7 Å². The molecule has 1 fully saturated rings. The summed E-state index contributed by atoms with van der Waals surface area (Å²) >= 11 is 12.3. The predicted octanol–water partition coefficient (Wildman–Crippen LogP) is 6.12. The van der Waals surface area contributed by atoms with Crippen LogP contribution in [-0.4, -0.2) is 38.9 Å². The molecule has 0 bridgehead atoms. The fourth-order valence-corrected chi connectivity index (χ4v) is 5.32. The largest absolute Gasteiger partial charge is 0.490 e. The molecule has 200 valence electrons. The van der Waals surface area contributed by atoms with Gasteiger partial charge in [0.25, 0.3) is 0 Å². The lowest BCUT2D eigenvalue weighted by molar-refractivity contribution is -0.146. The first-order chi connectivity index (χ1) is 18.4. The second kappa shape index (κ2) is 11.6. The summed E-state index contributed by atoms with van der Waals surface area (Å²) in [6, 6.07) is 10.2. The third kappa shape index (κ3) is 5.59. The van der Waals surface area contributed by atoms with Crippen molar-refractivity contribution in [2.45, 2.75) is 64.7 Å². The third-order valence-electron chi connectivity index (χ3n) is 6.74. The maximum atomic E-state index is 13.5. The number of rotatable bonds is 8. The molecule has 1 atom stereocenters. The molecule has 1 aliphatic carbocycles. The molecular weight excluding hydrogens is 529 g/mol. The molecule has 1 aromatic heterocycles. The fraction of sp³-hybridized carbons (Fsp3) is 0.407. The number of carbonyl (C=O) groups is 1. The molecule has 3 aromatic rings. The van der Waals surface area contributed by atoms with Crippen molar-refractivity contribution < 1.29 is 19.0 Å². The fourth-order valence-electron chi connectivity index (χ4n) is 4.86. The van der Waals surface area contributed by atoms with E-state index < -0.39 is 6.04 Å². The molecule has 38 heavy (non-hydrogen) atoms. The average Bonchev–Trinajstić information content (AvgIpc) is 3.36. The van der Waals surface area contributed by atoms with E-state index in [0.717, 1.165) is 36.8 Å². The van der Waals surface area contributed by atoms with Crippen LogP contribution < -0.4 is 14.8 Å². The van der Waals surface area contributed by atoms with Crippen molar-refractivity contribution in [3.8, 4) is 11.5 Å². The number of carbonyl (C=O) groups excluding carboxylic acids is 1. The smallest absolute Gasteiger partial charge is 0.338 e. The topological polar surface area (TPSA) is 100 Å². The number of allylic oxidation sites excluding steroid dienone is 1. The monoisotopic (exact) mass is 557 g/mol. The number of nitrogens with zero attached hydrogens (tertiary/aromatic N) is 4. The van der Waals surface area contributed by atoms with Gasteiger partial charge in [-0.25, -0.2) is 4.79 Å². The molecule has 1 saturated carbocycles. The molecule has 1 aliphatic heterocycles. The van der Waals surface area contributed by atoms with E-state index >= 15 is 0 Å². The average molecular weight is 558 g/mol. The first kappa shape index (κ1) is 26.3. The van der Waals surface area contributed by atoms with Crippen molar-refractivity contribution in [2.24, 2.45) is 0 Å². The quantitative estimate of drug-likeness (QED) is 0.330. The standard InChI is InChI=1S/C27H29Cl2N5O4/c1-3-36-23-13-17(10-12-22(23)37-15-18-9-11-19(28)14-21(18)29)25-24(16(2)30-27-31-32-33-34(25)27)26(35)38-20-7-5-4-6-8-20/h9-14,20,25H,3-8,15H2,1-2H3,(H,30,31,33). The Hall–Kier alpha value is -3.30. The summed E-state index contributed by atoms with van der Waals surface area (Å²) in [6.45, 7) is 4.39. The first-order valence-electron chi connectivity index (χ1n) is 12.7. The van der Waals surface area contributed by atoms with Gasteiger partial charge in [-0.1, -0.05) is 46.9 Å². The van der Waals surface area contributed by atoms with Gasteiger partial charge in [0.05, 0.1) is 12.2 Å². The molecule has 5 rings (SSSR count). The van der Waals surface area contributed by atoms with E-state index in [2.05, 4.69) is 20.8 Å². The number of hydrogen-bond acceptors (Lipinski definition) is 8. The number of esters is 1. The summed E-state index contributed by atoms with van der Waals surface area (Å²) in [5.74, 6) is 1.14. The van der Waals surface area contributed by atoms with E-state index in [4.69, 9.17) is 37.4 Å². The Kier molecular flexibility index (Phi) is 8.04. The van der Waals surface area contributed by atoms with Crippen LogP contribution >= 0.6 is 23.2 Å². The van der Waals surface area contributed by atoms with Gasteiger partial charge < -0.3 is 19.5 Å². The lowest BCUT2D eigenvalue weighted by Crippen LogP contribution is -2.32. The molecule has 2 heterocycles. The Morgan fingerprint density at radius 3 is 2.66 bits per heavy atom. The van der Waals surface area contributed by atoms with Crippen molar-refractivity contribution >= 4 is 35.1 Å². The van der Waals surface area contributed by atoms with Crippen LogP contribution in [0.2, 0.25) is 10.0 Å². The maximum absolute atomic E-state index is 13.5. The van der Waals surface area contributed by atoms with Crippen LogP contribution in [0.3, 0.4) is 0 Å². The van der Waals surface area contributed by atoms with E-state index in [9.17, 15) is 4.79 Å². The van der Waals surface area contributed by atoms with Crippen molar-refractivity contribution in [3.63, 3.8) is 0 Å². The molecule has 1 N–H and O–H groups in total. The lowest BCUT2D eigenvalue weighted by atomic mass is 9.94. The molecule has 9 nitrogen and oxygen atoms in total. The minimum atomic E-state index is -0.601. The second-order valence-corrected chi connectivity index (χ2v) is 10.2. The van der Waals surface area contributed by atoms with Gasteiger partial charge in [0.15, 0.2) is 11.5 Å². The summed E-state index contributed by atoms with van der Waals surface area (Å²) in [7, 11) is 0. The molecule has 0 spiro atoms. The molecule has 2 aromatic carbocycles. The highest BCUT2D eigenvalue weighted by Gasteiger charge is 2.36. The zero-order valence-electron chi connectivity index (χ0n) is 21.2. The van der Waals surface area contributed by atoms with E-state index in [1.54, 1.807) is 16.8 Å². The summed E-state index contributed by atoms with van der Waals surface area (Å²) in [5, 5.41) is 16.3. The SMILES string of the molecule is CCOc1cc(C2C(C(=O)OC3CCCCC3)=C(C)Nc3nnnn32)ccc1OCc1ccc(Cl)cc1Cl. The Morgan fingerprint density at radius 2 is 1.89 bits per heavy atom. The Balaban J connectivity index is 1.45. The van der Waals surface area contributed by atoms with Crippen LogP contribution in [-0.2, 0) is 16.1 Å². The first-order valence-corrected chi connectivity index (χ1v) is 13.5. The minimum absolute atomic E-state index is 0.0816. The van der Waals surface area contributed by atoms with E-state index in [1.807, 2.05) is 38.1 Å². The van der Waals surface area contributed by atoms with E-state index in [0.29, 0.717) is 45.4 Å². The number of nitrogens with one attached hydrogen (secondary N) is 1. The second-order valence-electron chi connectivity index (χ2n) is 9.34. The van der Waals surface area contributed by atoms with Gasteiger partial charge in [-0.05, 0) is 79.8 Å². The molecule has 0 radical (unpaired) electrons. The van der Waals surface area contributed by atoms with Crippen molar-refractivity contribution in [2.75, 3.05) is 11.9 Å². The maximum Gasteiger partial charge on any atom is 0.338 e. The highest BCUT2D eigenvalue weighted by atomic mass is 35.5. The number of hydrogen-bond donors (Lipinski definition) is 1. The summed E-state index contributed by atoms with van der Waals surface area (Å²) in [6.07, 6.45) is 4.98. The normalized spacial score (nSPS) is 17.5. The van der Waals surface area contributed by atoms with Crippen LogP contribution in [0, 0.1) is 0 Å². The van der Waals surface area contributed by atoms with Crippen LogP contribution in [0.5, 0.6) is 11.5 Å². The molecule has 1 unspecified atom stereocenters. The Bertz CT molecular complexity index is 1350. The molecular formula is C27H29Cl2N5O4. The zero-order valence-corrected chi connectivity index (χ0v) is 22.8. The van der Waals surface area contributed by atoms with Crippen molar-refractivity contribution in [1.29, 1.82) is 0 Å².